The average Bonchev–Trinajstić information content (AvgIpc) is 2.91. The van der Waals surface area contributed by atoms with E-state index in [1.54, 1.807) is 12.1 Å². The molecule has 0 aliphatic carbocycles. The van der Waals surface area contributed by atoms with Crippen LogP contribution in [-0.2, 0) is 6.42 Å². The molecule has 1 heterocycles. The van der Waals surface area contributed by atoms with Gasteiger partial charge in [-0.05, 0) is 42.3 Å². The number of fused-ring (bicyclic) bond motifs is 1. The van der Waals surface area contributed by atoms with Gasteiger partial charge in [0, 0.05) is 16.6 Å². The van der Waals surface area contributed by atoms with E-state index in [1.807, 2.05) is 31.2 Å². The summed E-state index contributed by atoms with van der Waals surface area (Å²) in [5.74, 6) is -0.544. The first-order chi connectivity index (χ1) is 10.2. The number of carbonyl (C=O) groups is 1. The van der Waals surface area contributed by atoms with Crippen LogP contribution in [0.2, 0.25) is 0 Å². The van der Waals surface area contributed by atoms with Crippen LogP contribution in [0.1, 0.15) is 23.0 Å². The van der Waals surface area contributed by atoms with Gasteiger partial charge >= 0.3 is 0 Å². The fourth-order valence-electron chi connectivity index (χ4n) is 2.37. The summed E-state index contributed by atoms with van der Waals surface area (Å²) >= 11 is 0. The zero-order valence-electron chi connectivity index (χ0n) is 11.6. The van der Waals surface area contributed by atoms with E-state index in [4.69, 9.17) is 0 Å². The molecule has 0 aliphatic heterocycles. The molecule has 0 radical (unpaired) electrons. The van der Waals surface area contributed by atoms with Gasteiger partial charge in [-0.2, -0.15) is 0 Å². The van der Waals surface area contributed by atoms with E-state index >= 15 is 0 Å². The molecule has 0 aliphatic rings. The Morgan fingerprint density at radius 3 is 2.81 bits per heavy atom. The SMILES string of the molecule is CCc1ccccc1NC(=O)c1cc2cc(F)ccc2[nH]1. The van der Waals surface area contributed by atoms with Crippen molar-refractivity contribution in [3.05, 3.63) is 65.6 Å². The van der Waals surface area contributed by atoms with Crippen molar-refractivity contribution in [2.24, 2.45) is 0 Å². The molecule has 0 atom stereocenters. The van der Waals surface area contributed by atoms with Crippen molar-refractivity contribution in [3.63, 3.8) is 0 Å². The lowest BCUT2D eigenvalue weighted by molar-refractivity contribution is 0.102. The number of halogens is 1. The standard InChI is InChI=1S/C17H15FN2O/c1-2-11-5-3-4-6-14(11)20-17(21)16-10-12-9-13(18)7-8-15(12)19-16/h3-10,19H,2H2,1H3,(H,20,21). The number of hydrogen-bond donors (Lipinski definition) is 2. The van der Waals surface area contributed by atoms with Gasteiger partial charge in [-0.25, -0.2) is 4.39 Å². The minimum absolute atomic E-state index is 0.229. The molecule has 2 N–H and O–H groups in total. The summed E-state index contributed by atoms with van der Waals surface area (Å²) in [6.07, 6.45) is 0.842. The van der Waals surface area contributed by atoms with E-state index in [0.717, 1.165) is 23.2 Å². The minimum Gasteiger partial charge on any atom is -0.351 e. The van der Waals surface area contributed by atoms with Crippen molar-refractivity contribution in [3.8, 4) is 0 Å². The number of H-pyrrole nitrogens is 1. The first kappa shape index (κ1) is 13.4. The first-order valence-corrected chi connectivity index (χ1v) is 6.85. The van der Waals surface area contributed by atoms with Gasteiger partial charge in [-0.15, -0.1) is 0 Å². The number of rotatable bonds is 3. The zero-order chi connectivity index (χ0) is 14.8. The summed E-state index contributed by atoms with van der Waals surface area (Å²) in [5, 5.41) is 3.57. The maximum absolute atomic E-state index is 13.2. The Hall–Kier alpha value is -2.62. The van der Waals surface area contributed by atoms with Crippen molar-refractivity contribution >= 4 is 22.5 Å². The van der Waals surface area contributed by atoms with Gasteiger partial charge in [0.05, 0.1) is 0 Å². The molecule has 21 heavy (non-hydrogen) atoms. The number of aromatic nitrogens is 1. The molecule has 0 bridgehead atoms. The van der Waals surface area contributed by atoms with Gasteiger partial charge in [-0.3, -0.25) is 4.79 Å². The van der Waals surface area contributed by atoms with E-state index in [1.165, 1.54) is 12.1 Å². The molecule has 0 spiro atoms. The van der Waals surface area contributed by atoms with Gasteiger partial charge < -0.3 is 10.3 Å². The second kappa shape index (κ2) is 5.40. The highest BCUT2D eigenvalue weighted by Crippen LogP contribution is 2.19. The highest BCUT2D eigenvalue weighted by atomic mass is 19.1. The van der Waals surface area contributed by atoms with E-state index in [0.29, 0.717) is 11.1 Å². The van der Waals surface area contributed by atoms with Crippen LogP contribution < -0.4 is 5.32 Å². The monoisotopic (exact) mass is 282 g/mol. The number of anilines is 1. The summed E-state index contributed by atoms with van der Waals surface area (Å²) in [5.41, 5.74) is 3.04. The van der Waals surface area contributed by atoms with Crippen LogP contribution in [0.3, 0.4) is 0 Å². The summed E-state index contributed by atoms with van der Waals surface area (Å²) in [6.45, 7) is 2.04. The lowest BCUT2D eigenvalue weighted by Gasteiger charge is -2.08. The van der Waals surface area contributed by atoms with Gasteiger partial charge in [0.2, 0.25) is 0 Å². The largest absolute Gasteiger partial charge is 0.351 e. The number of carbonyl (C=O) groups excluding carboxylic acids is 1. The smallest absolute Gasteiger partial charge is 0.272 e. The van der Waals surface area contributed by atoms with Crippen molar-refractivity contribution in [1.82, 2.24) is 4.98 Å². The van der Waals surface area contributed by atoms with E-state index in [-0.39, 0.29) is 11.7 Å². The maximum atomic E-state index is 13.2. The predicted octanol–water partition coefficient (Wildman–Crippen LogP) is 4.12. The third-order valence-corrected chi connectivity index (χ3v) is 3.47. The number of hydrogen-bond acceptors (Lipinski definition) is 1. The Kier molecular flexibility index (Phi) is 3.44. The number of aryl methyl sites for hydroxylation is 1. The lowest BCUT2D eigenvalue weighted by atomic mass is 10.1. The molecule has 0 saturated carbocycles. The van der Waals surface area contributed by atoms with Crippen LogP contribution in [0.5, 0.6) is 0 Å². The highest BCUT2D eigenvalue weighted by molar-refractivity contribution is 6.06. The molecule has 1 amide bonds. The number of para-hydroxylation sites is 1. The molecular formula is C17H15FN2O. The van der Waals surface area contributed by atoms with Crippen LogP contribution >= 0.6 is 0 Å². The van der Waals surface area contributed by atoms with Gasteiger partial charge in [-0.1, -0.05) is 25.1 Å². The molecular weight excluding hydrogens is 267 g/mol. The summed E-state index contributed by atoms with van der Waals surface area (Å²) in [4.78, 5) is 15.3. The molecule has 3 rings (SSSR count). The predicted molar refractivity (Wildman–Crippen MR) is 82.0 cm³/mol. The summed E-state index contributed by atoms with van der Waals surface area (Å²) in [7, 11) is 0. The molecule has 2 aromatic carbocycles. The Balaban J connectivity index is 1.90. The van der Waals surface area contributed by atoms with E-state index in [2.05, 4.69) is 10.3 Å². The second-order valence-electron chi connectivity index (χ2n) is 4.88. The molecule has 4 heteroatoms. The van der Waals surface area contributed by atoms with Crippen LogP contribution in [-0.4, -0.2) is 10.9 Å². The molecule has 0 unspecified atom stereocenters. The van der Waals surface area contributed by atoms with Crippen molar-refractivity contribution in [2.75, 3.05) is 5.32 Å². The Morgan fingerprint density at radius 1 is 1.19 bits per heavy atom. The first-order valence-electron chi connectivity index (χ1n) is 6.85. The Labute approximate surface area is 121 Å². The fraction of sp³-hybridized carbons (Fsp3) is 0.118. The normalized spacial score (nSPS) is 10.8. The quantitative estimate of drug-likeness (QED) is 0.745. The van der Waals surface area contributed by atoms with Crippen LogP contribution in [0.15, 0.2) is 48.5 Å². The Morgan fingerprint density at radius 2 is 2.00 bits per heavy atom. The minimum atomic E-state index is -0.315. The topological polar surface area (TPSA) is 44.9 Å². The molecule has 106 valence electrons. The van der Waals surface area contributed by atoms with Crippen molar-refractivity contribution < 1.29 is 9.18 Å². The van der Waals surface area contributed by atoms with E-state index < -0.39 is 0 Å². The Bertz CT molecular complexity index is 807. The van der Waals surface area contributed by atoms with Crippen LogP contribution in [0, 0.1) is 5.82 Å². The summed E-state index contributed by atoms with van der Waals surface area (Å²) < 4.78 is 13.2. The number of amides is 1. The second-order valence-corrected chi connectivity index (χ2v) is 4.88. The molecule has 0 saturated heterocycles. The average molecular weight is 282 g/mol. The number of aromatic amines is 1. The summed E-state index contributed by atoms with van der Waals surface area (Å²) in [6, 6.07) is 13.7. The number of nitrogens with one attached hydrogen (secondary N) is 2. The highest BCUT2D eigenvalue weighted by Gasteiger charge is 2.11. The number of benzene rings is 2. The van der Waals surface area contributed by atoms with E-state index in [9.17, 15) is 9.18 Å². The van der Waals surface area contributed by atoms with Gasteiger partial charge in [0.1, 0.15) is 11.5 Å². The van der Waals surface area contributed by atoms with Crippen molar-refractivity contribution in [1.29, 1.82) is 0 Å². The van der Waals surface area contributed by atoms with Gasteiger partial charge in [0.15, 0.2) is 0 Å². The molecule has 1 aromatic heterocycles. The van der Waals surface area contributed by atoms with Crippen molar-refractivity contribution in [2.45, 2.75) is 13.3 Å². The zero-order valence-corrected chi connectivity index (χ0v) is 11.6. The third kappa shape index (κ3) is 2.65. The molecule has 0 fully saturated rings. The molecule has 3 aromatic rings. The van der Waals surface area contributed by atoms with Crippen LogP contribution in [0.4, 0.5) is 10.1 Å². The molecule has 3 nitrogen and oxygen atoms in total. The maximum Gasteiger partial charge on any atom is 0.272 e. The lowest BCUT2D eigenvalue weighted by Crippen LogP contribution is -2.13. The van der Waals surface area contributed by atoms with Crippen LogP contribution in [0.25, 0.3) is 10.9 Å². The fourth-order valence-corrected chi connectivity index (χ4v) is 2.37. The van der Waals surface area contributed by atoms with Gasteiger partial charge in [0.25, 0.3) is 5.91 Å². The third-order valence-electron chi connectivity index (χ3n) is 3.47.